The molecule has 3 atom stereocenters. The van der Waals surface area contributed by atoms with Crippen molar-refractivity contribution < 1.29 is 24.9 Å². The van der Waals surface area contributed by atoms with Gasteiger partial charge in [0.25, 0.3) is 0 Å². The molecule has 0 saturated carbocycles. The van der Waals surface area contributed by atoms with E-state index < -0.39 is 29.7 Å². The number of aliphatic hydroxyl groups excluding tert-OH is 1. The molecule has 0 aromatic rings. The molecule has 1 amide bonds. The Morgan fingerprint density at radius 1 is 1.44 bits per heavy atom. The van der Waals surface area contributed by atoms with Gasteiger partial charge >= 0.3 is 5.97 Å². The Kier molecular flexibility index (Phi) is 4.31. The molecule has 5 N–H and O–H groups in total. The van der Waals surface area contributed by atoms with E-state index in [1.807, 2.05) is 0 Å². The standard InChI is InChI=1S/C11H20N2O5/c1-6(2)8(12)9(15)13-5-7(14)3-4-11(13,18)10(16)17/h6-8,14,18H,3-5,12H2,1-2H3,(H,16,17)/t7-,8+,11-/m1/s1. The summed E-state index contributed by atoms with van der Waals surface area (Å²) >= 11 is 0. The van der Waals surface area contributed by atoms with Gasteiger partial charge in [-0.2, -0.15) is 0 Å². The molecule has 7 heteroatoms. The lowest BCUT2D eigenvalue weighted by Gasteiger charge is -2.43. The van der Waals surface area contributed by atoms with E-state index in [9.17, 15) is 19.8 Å². The van der Waals surface area contributed by atoms with Crippen molar-refractivity contribution in [3.63, 3.8) is 0 Å². The first-order valence-corrected chi connectivity index (χ1v) is 5.91. The van der Waals surface area contributed by atoms with Crippen molar-refractivity contribution in [1.29, 1.82) is 0 Å². The Labute approximate surface area is 105 Å². The fourth-order valence-corrected chi connectivity index (χ4v) is 1.92. The molecule has 0 spiro atoms. The minimum absolute atomic E-state index is 0.128. The summed E-state index contributed by atoms with van der Waals surface area (Å²) < 4.78 is 0. The molecule has 7 nitrogen and oxygen atoms in total. The van der Waals surface area contributed by atoms with Crippen LogP contribution in [0.3, 0.4) is 0 Å². The molecular formula is C11H20N2O5. The van der Waals surface area contributed by atoms with Crippen LogP contribution < -0.4 is 5.73 Å². The molecule has 1 heterocycles. The van der Waals surface area contributed by atoms with E-state index in [0.717, 1.165) is 4.90 Å². The number of rotatable bonds is 3. The van der Waals surface area contributed by atoms with E-state index in [1.165, 1.54) is 0 Å². The van der Waals surface area contributed by atoms with Crippen molar-refractivity contribution >= 4 is 11.9 Å². The van der Waals surface area contributed by atoms with Gasteiger partial charge in [0.15, 0.2) is 0 Å². The van der Waals surface area contributed by atoms with E-state index in [0.29, 0.717) is 0 Å². The number of nitrogens with zero attached hydrogens (tertiary/aromatic N) is 1. The highest BCUT2D eigenvalue weighted by Gasteiger charge is 2.49. The number of carbonyl (C=O) groups is 2. The van der Waals surface area contributed by atoms with Crippen molar-refractivity contribution in [3.8, 4) is 0 Å². The van der Waals surface area contributed by atoms with Crippen LogP contribution in [0.15, 0.2) is 0 Å². The molecule has 18 heavy (non-hydrogen) atoms. The van der Waals surface area contributed by atoms with E-state index in [4.69, 9.17) is 10.8 Å². The third kappa shape index (κ3) is 2.63. The van der Waals surface area contributed by atoms with Crippen molar-refractivity contribution in [1.82, 2.24) is 4.90 Å². The van der Waals surface area contributed by atoms with Gasteiger partial charge in [0.05, 0.1) is 12.1 Å². The van der Waals surface area contributed by atoms with Crippen molar-refractivity contribution in [2.24, 2.45) is 11.7 Å². The van der Waals surface area contributed by atoms with E-state index in [-0.39, 0.29) is 25.3 Å². The molecule has 1 rings (SSSR count). The molecule has 1 aliphatic rings. The number of likely N-dealkylation sites (tertiary alicyclic amines) is 1. The lowest BCUT2D eigenvalue weighted by molar-refractivity contribution is -0.202. The molecule has 1 aliphatic heterocycles. The average Bonchev–Trinajstić information content (AvgIpc) is 2.30. The second-order valence-corrected chi connectivity index (χ2v) is 5.03. The molecule has 1 saturated heterocycles. The van der Waals surface area contributed by atoms with E-state index in [2.05, 4.69) is 0 Å². The summed E-state index contributed by atoms with van der Waals surface area (Å²) in [5.74, 6) is -2.35. The van der Waals surface area contributed by atoms with Gasteiger partial charge in [-0.15, -0.1) is 0 Å². The van der Waals surface area contributed by atoms with Gasteiger partial charge in [-0.25, -0.2) is 4.79 Å². The van der Waals surface area contributed by atoms with Gasteiger partial charge in [-0.05, 0) is 12.3 Å². The number of nitrogens with two attached hydrogens (primary N) is 1. The molecule has 0 bridgehead atoms. The number of aliphatic carboxylic acids is 1. The van der Waals surface area contributed by atoms with Crippen LogP contribution in [0.4, 0.5) is 0 Å². The number of amides is 1. The Hall–Kier alpha value is -1.18. The van der Waals surface area contributed by atoms with Crippen LogP contribution in [0.1, 0.15) is 26.7 Å². The molecule has 0 aromatic heterocycles. The quantitative estimate of drug-likeness (QED) is 0.501. The van der Waals surface area contributed by atoms with E-state index >= 15 is 0 Å². The third-order valence-electron chi connectivity index (χ3n) is 3.28. The molecule has 0 aromatic carbocycles. The summed E-state index contributed by atoms with van der Waals surface area (Å²) in [7, 11) is 0. The number of carbonyl (C=O) groups excluding carboxylic acids is 1. The maximum Gasteiger partial charge on any atom is 0.357 e. The fourth-order valence-electron chi connectivity index (χ4n) is 1.92. The number of β-amino-alcohol motifs (C(OH)–C–C–N with tert-alkyl or cyclic N) is 1. The van der Waals surface area contributed by atoms with Gasteiger partial charge in [0.2, 0.25) is 11.6 Å². The van der Waals surface area contributed by atoms with Crippen LogP contribution >= 0.6 is 0 Å². The Bertz CT molecular complexity index is 346. The van der Waals surface area contributed by atoms with Gasteiger partial charge in [-0.3, -0.25) is 4.79 Å². The van der Waals surface area contributed by atoms with Crippen LogP contribution in [0.2, 0.25) is 0 Å². The van der Waals surface area contributed by atoms with Gasteiger partial charge in [0.1, 0.15) is 0 Å². The van der Waals surface area contributed by atoms with E-state index in [1.54, 1.807) is 13.8 Å². The monoisotopic (exact) mass is 260 g/mol. The largest absolute Gasteiger partial charge is 0.478 e. The summed E-state index contributed by atoms with van der Waals surface area (Å²) in [4.78, 5) is 24.0. The summed E-state index contributed by atoms with van der Waals surface area (Å²) in [5, 5.41) is 28.6. The summed E-state index contributed by atoms with van der Waals surface area (Å²) in [6, 6.07) is -0.902. The topological polar surface area (TPSA) is 124 Å². The molecule has 0 unspecified atom stereocenters. The Morgan fingerprint density at radius 3 is 2.44 bits per heavy atom. The normalized spacial score (nSPS) is 30.3. The lowest BCUT2D eigenvalue weighted by atomic mass is 9.93. The predicted octanol–water partition coefficient (Wildman–Crippen LogP) is -1.27. The predicted molar refractivity (Wildman–Crippen MR) is 62.4 cm³/mol. The Morgan fingerprint density at radius 2 is 2.00 bits per heavy atom. The van der Waals surface area contributed by atoms with Crippen LogP contribution in [-0.2, 0) is 9.59 Å². The highest BCUT2D eigenvalue weighted by molar-refractivity contribution is 5.88. The zero-order valence-corrected chi connectivity index (χ0v) is 10.5. The third-order valence-corrected chi connectivity index (χ3v) is 3.28. The second kappa shape index (κ2) is 5.21. The maximum atomic E-state index is 12.1. The lowest BCUT2D eigenvalue weighted by Crippen LogP contribution is -2.65. The number of carboxylic acid groups (broad SMARTS) is 1. The zero-order chi connectivity index (χ0) is 14.1. The smallest absolute Gasteiger partial charge is 0.357 e. The first-order valence-electron chi connectivity index (χ1n) is 5.91. The molecule has 104 valence electrons. The molecule has 0 aliphatic carbocycles. The summed E-state index contributed by atoms with van der Waals surface area (Å²) in [6.07, 6.45) is -0.920. The number of carboxylic acids is 1. The summed E-state index contributed by atoms with van der Waals surface area (Å²) in [5.41, 5.74) is 3.41. The fraction of sp³-hybridized carbons (Fsp3) is 0.818. The first kappa shape index (κ1) is 14.9. The van der Waals surface area contributed by atoms with Gasteiger partial charge < -0.3 is 26.0 Å². The maximum absolute atomic E-state index is 12.1. The summed E-state index contributed by atoms with van der Waals surface area (Å²) in [6.45, 7) is 3.23. The van der Waals surface area contributed by atoms with Crippen molar-refractivity contribution in [3.05, 3.63) is 0 Å². The van der Waals surface area contributed by atoms with Gasteiger partial charge in [-0.1, -0.05) is 13.8 Å². The highest BCUT2D eigenvalue weighted by atomic mass is 16.4. The number of hydrogen-bond acceptors (Lipinski definition) is 5. The minimum atomic E-state index is -2.27. The van der Waals surface area contributed by atoms with Crippen molar-refractivity contribution in [2.75, 3.05) is 6.54 Å². The molecule has 0 radical (unpaired) electrons. The molecular weight excluding hydrogens is 240 g/mol. The SMILES string of the molecule is CC(C)[C@H](N)C(=O)N1C[C@H](O)CC[C@@]1(O)C(=O)O. The van der Waals surface area contributed by atoms with Gasteiger partial charge in [0, 0.05) is 13.0 Å². The first-order chi connectivity index (χ1) is 8.20. The second-order valence-electron chi connectivity index (χ2n) is 5.03. The van der Waals surface area contributed by atoms with Crippen LogP contribution in [0, 0.1) is 5.92 Å². The average molecular weight is 260 g/mol. The van der Waals surface area contributed by atoms with Crippen molar-refractivity contribution in [2.45, 2.75) is 44.6 Å². The number of piperidine rings is 1. The van der Waals surface area contributed by atoms with Crippen LogP contribution in [-0.4, -0.2) is 56.5 Å². The number of hydrogen-bond donors (Lipinski definition) is 4. The van der Waals surface area contributed by atoms with Crippen LogP contribution in [0.5, 0.6) is 0 Å². The zero-order valence-electron chi connectivity index (χ0n) is 10.5. The Balaban J connectivity index is 2.99. The highest BCUT2D eigenvalue weighted by Crippen LogP contribution is 2.27. The van der Waals surface area contributed by atoms with Crippen LogP contribution in [0.25, 0.3) is 0 Å². The number of aliphatic hydroxyl groups is 2. The molecule has 1 fully saturated rings. The minimum Gasteiger partial charge on any atom is -0.478 e.